The minimum Gasteiger partial charge on any atom is -0.377 e. The number of hydrogen-bond acceptors (Lipinski definition) is 4. The van der Waals surface area contributed by atoms with Gasteiger partial charge in [0.2, 0.25) is 5.91 Å². The molecule has 0 aliphatic heterocycles. The first-order valence-electron chi connectivity index (χ1n) is 6.86. The number of carbonyl (C=O) groups is 1. The van der Waals surface area contributed by atoms with Gasteiger partial charge in [0, 0.05) is 25.7 Å². The molecule has 108 valence electrons. The summed E-state index contributed by atoms with van der Waals surface area (Å²) in [6.07, 6.45) is 0.963. The molecule has 1 unspecified atom stereocenters. The Hall–Kier alpha value is -0.650. The van der Waals surface area contributed by atoms with Gasteiger partial charge >= 0.3 is 0 Å². The van der Waals surface area contributed by atoms with Gasteiger partial charge in [-0.25, -0.2) is 0 Å². The fraction of sp³-hybridized carbons (Fsp3) is 0.923. The summed E-state index contributed by atoms with van der Waals surface area (Å²) in [5, 5.41) is 2.90. The molecule has 0 aliphatic rings. The second-order valence-electron chi connectivity index (χ2n) is 4.69. The normalized spacial score (nSPS) is 13.1. The SMILES string of the molecule is CCOC(CN)CCN(CC)CC(=O)NC(C)C. The van der Waals surface area contributed by atoms with Crippen LogP contribution >= 0.6 is 0 Å². The van der Waals surface area contributed by atoms with E-state index in [0.717, 1.165) is 19.5 Å². The van der Waals surface area contributed by atoms with Crippen molar-refractivity contribution in [3.05, 3.63) is 0 Å². The molecule has 0 aliphatic carbocycles. The topological polar surface area (TPSA) is 67.6 Å². The van der Waals surface area contributed by atoms with E-state index in [1.54, 1.807) is 0 Å². The minimum atomic E-state index is 0.0764. The average molecular weight is 259 g/mol. The molecule has 0 aromatic carbocycles. The lowest BCUT2D eigenvalue weighted by atomic mass is 10.2. The first-order chi connectivity index (χ1) is 8.53. The Morgan fingerprint density at radius 2 is 2.06 bits per heavy atom. The van der Waals surface area contributed by atoms with Crippen molar-refractivity contribution >= 4 is 5.91 Å². The average Bonchev–Trinajstić information content (AvgIpc) is 2.31. The van der Waals surface area contributed by atoms with Crippen LogP contribution in [-0.2, 0) is 9.53 Å². The second-order valence-corrected chi connectivity index (χ2v) is 4.69. The van der Waals surface area contributed by atoms with Crippen molar-refractivity contribution < 1.29 is 9.53 Å². The summed E-state index contributed by atoms with van der Waals surface area (Å²) >= 11 is 0. The van der Waals surface area contributed by atoms with E-state index in [4.69, 9.17) is 10.5 Å². The Kier molecular flexibility index (Phi) is 9.92. The predicted molar refractivity (Wildman–Crippen MR) is 74.5 cm³/mol. The van der Waals surface area contributed by atoms with Crippen molar-refractivity contribution in [1.29, 1.82) is 0 Å². The van der Waals surface area contributed by atoms with Crippen LogP contribution in [0.15, 0.2) is 0 Å². The van der Waals surface area contributed by atoms with E-state index in [-0.39, 0.29) is 18.1 Å². The zero-order valence-electron chi connectivity index (χ0n) is 12.2. The zero-order chi connectivity index (χ0) is 14.0. The monoisotopic (exact) mass is 259 g/mol. The minimum absolute atomic E-state index is 0.0764. The predicted octanol–water partition coefficient (Wildman–Crippen LogP) is 0.587. The van der Waals surface area contributed by atoms with Crippen LogP contribution in [0.1, 0.15) is 34.1 Å². The summed E-state index contributed by atoms with van der Waals surface area (Å²) in [4.78, 5) is 13.8. The standard InChI is InChI=1S/C13H29N3O2/c1-5-16(10-13(17)15-11(3)4)8-7-12(9-14)18-6-2/h11-12H,5-10,14H2,1-4H3,(H,15,17). The maximum Gasteiger partial charge on any atom is 0.234 e. The van der Waals surface area contributed by atoms with Crippen molar-refractivity contribution in [2.24, 2.45) is 5.73 Å². The van der Waals surface area contributed by atoms with Gasteiger partial charge < -0.3 is 15.8 Å². The highest BCUT2D eigenvalue weighted by Crippen LogP contribution is 2.00. The van der Waals surface area contributed by atoms with Crippen molar-refractivity contribution in [3.8, 4) is 0 Å². The summed E-state index contributed by atoms with van der Waals surface area (Å²) < 4.78 is 5.50. The number of nitrogens with one attached hydrogen (secondary N) is 1. The molecule has 0 heterocycles. The molecule has 18 heavy (non-hydrogen) atoms. The molecule has 0 spiro atoms. The van der Waals surface area contributed by atoms with Crippen LogP contribution < -0.4 is 11.1 Å². The maximum absolute atomic E-state index is 11.7. The largest absolute Gasteiger partial charge is 0.377 e. The van der Waals surface area contributed by atoms with Crippen LogP contribution in [0.3, 0.4) is 0 Å². The van der Waals surface area contributed by atoms with Crippen LogP contribution in [0.4, 0.5) is 0 Å². The Balaban J connectivity index is 3.98. The van der Waals surface area contributed by atoms with Gasteiger partial charge in [-0.05, 0) is 33.7 Å². The van der Waals surface area contributed by atoms with E-state index in [0.29, 0.717) is 19.7 Å². The van der Waals surface area contributed by atoms with Crippen LogP contribution in [0.2, 0.25) is 0 Å². The molecule has 0 fully saturated rings. The van der Waals surface area contributed by atoms with Gasteiger partial charge in [0.05, 0.1) is 12.6 Å². The molecule has 5 nitrogen and oxygen atoms in total. The second kappa shape index (κ2) is 10.3. The lowest BCUT2D eigenvalue weighted by Gasteiger charge is -2.23. The number of hydrogen-bond donors (Lipinski definition) is 2. The molecule has 1 amide bonds. The number of amides is 1. The summed E-state index contributed by atoms with van der Waals surface area (Å²) in [7, 11) is 0. The molecule has 0 radical (unpaired) electrons. The van der Waals surface area contributed by atoms with E-state index < -0.39 is 0 Å². The van der Waals surface area contributed by atoms with E-state index >= 15 is 0 Å². The highest BCUT2D eigenvalue weighted by molar-refractivity contribution is 5.78. The van der Waals surface area contributed by atoms with Gasteiger partial charge in [-0.2, -0.15) is 0 Å². The fourth-order valence-corrected chi connectivity index (χ4v) is 1.75. The zero-order valence-corrected chi connectivity index (χ0v) is 12.2. The molecule has 0 rings (SSSR count). The quantitative estimate of drug-likeness (QED) is 0.602. The maximum atomic E-state index is 11.7. The lowest BCUT2D eigenvalue weighted by molar-refractivity contribution is -0.122. The third kappa shape index (κ3) is 8.44. The summed E-state index contributed by atoms with van der Waals surface area (Å²) in [6.45, 7) is 11.3. The first-order valence-corrected chi connectivity index (χ1v) is 6.86. The molecule has 0 saturated heterocycles. The van der Waals surface area contributed by atoms with E-state index in [1.165, 1.54) is 0 Å². The molecule has 5 heteroatoms. The Morgan fingerprint density at radius 3 is 2.50 bits per heavy atom. The molecule has 1 atom stereocenters. The van der Waals surface area contributed by atoms with Crippen molar-refractivity contribution in [2.75, 3.05) is 32.8 Å². The number of rotatable bonds is 10. The fourth-order valence-electron chi connectivity index (χ4n) is 1.75. The number of carbonyl (C=O) groups excluding carboxylic acids is 1. The number of ether oxygens (including phenoxy) is 1. The summed E-state index contributed by atoms with van der Waals surface area (Å²) in [5.74, 6) is 0.0764. The molecule has 3 N–H and O–H groups in total. The van der Waals surface area contributed by atoms with Gasteiger partial charge in [0.1, 0.15) is 0 Å². The number of likely N-dealkylation sites (N-methyl/N-ethyl adjacent to an activating group) is 1. The number of nitrogens with zero attached hydrogens (tertiary/aromatic N) is 1. The molecular formula is C13H29N3O2. The molecular weight excluding hydrogens is 230 g/mol. The third-order valence-corrected chi connectivity index (χ3v) is 2.70. The van der Waals surface area contributed by atoms with Crippen LogP contribution in [0.5, 0.6) is 0 Å². The lowest BCUT2D eigenvalue weighted by Crippen LogP contribution is -2.41. The molecule has 0 saturated carbocycles. The van der Waals surface area contributed by atoms with Gasteiger partial charge in [-0.1, -0.05) is 6.92 Å². The van der Waals surface area contributed by atoms with Gasteiger partial charge in [-0.15, -0.1) is 0 Å². The van der Waals surface area contributed by atoms with Crippen LogP contribution in [0.25, 0.3) is 0 Å². The Labute approximate surface area is 111 Å². The first kappa shape index (κ1) is 17.4. The highest BCUT2D eigenvalue weighted by atomic mass is 16.5. The van der Waals surface area contributed by atoms with E-state index in [2.05, 4.69) is 17.1 Å². The van der Waals surface area contributed by atoms with Gasteiger partial charge in [0.25, 0.3) is 0 Å². The Morgan fingerprint density at radius 1 is 1.39 bits per heavy atom. The summed E-state index contributed by atoms with van der Waals surface area (Å²) in [6, 6.07) is 0.191. The van der Waals surface area contributed by atoms with Crippen LogP contribution in [-0.4, -0.2) is 55.7 Å². The van der Waals surface area contributed by atoms with Crippen molar-refractivity contribution in [3.63, 3.8) is 0 Å². The summed E-state index contributed by atoms with van der Waals surface area (Å²) in [5.41, 5.74) is 5.63. The van der Waals surface area contributed by atoms with Gasteiger partial charge in [-0.3, -0.25) is 9.69 Å². The molecule has 0 aromatic rings. The molecule has 0 aromatic heterocycles. The van der Waals surface area contributed by atoms with E-state index in [1.807, 2.05) is 20.8 Å². The van der Waals surface area contributed by atoms with Crippen molar-refractivity contribution in [1.82, 2.24) is 10.2 Å². The Bertz CT molecular complexity index is 222. The van der Waals surface area contributed by atoms with Crippen LogP contribution in [0, 0.1) is 0 Å². The van der Waals surface area contributed by atoms with Crippen molar-refractivity contribution in [2.45, 2.75) is 46.3 Å². The molecule has 0 bridgehead atoms. The smallest absolute Gasteiger partial charge is 0.234 e. The number of nitrogens with two attached hydrogens (primary N) is 1. The van der Waals surface area contributed by atoms with Gasteiger partial charge in [0.15, 0.2) is 0 Å². The highest BCUT2D eigenvalue weighted by Gasteiger charge is 2.12. The van der Waals surface area contributed by atoms with E-state index in [9.17, 15) is 4.79 Å². The third-order valence-electron chi connectivity index (χ3n) is 2.70.